The topological polar surface area (TPSA) is 46.6 Å². The molecule has 17 heavy (non-hydrogen) atoms. The van der Waals surface area contributed by atoms with E-state index in [2.05, 4.69) is 0 Å². The summed E-state index contributed by atoms with van der Waals surface area (Å²) in [7, 11) is 0. The van der Waals surface area contributed by atoms with E-state index >= 15 is 0 Å². The Kier molecular flexibility index (Phi) is 4.97. The number of hydrogen-bond donors (Lipinski definition) is 0. The number of ether oxygens (including phenoxy) is 1. The molecule has 1 rings (SSSR count). The van der Waals surface area contributed by atoms with Crippen molar-refractivity contribution in [2.45, 2.75) is 52.1 Å². The van der Waals surface area contributed by atoms with E-state index in [0.29, 0.717) is 12.3 Å². The van der Waals surface area contributed by atoms with Gasteiger partial charge in [0, 0.05) is 19.5 Å². The number of carbonyl (C=O) groups is 2. The number of rotatable bonds is 4. The van der Waals surface area contributed by atoms with Crippen LogP contribution in [0, 0.1) is 5.92 Å². The summed E-state index contributed by atoms with van der Waals surface area (Å²) in [4.78, 5) is 23.8. The summed E-state index contributed by atoms with van der Waals surface area (Å²) in [6.45, 7) is 7.18. The summed E-state index contributed by atoms with van der Waals surface area (Å²) < 4.78 is 5.33. The quantitative estimate of drug-likeness (QED) is 0.561. The number of nitrogens with zero attached hydrogens (tertiary/aromatic N) is 1. The first-order valence-electron chi connectivity index (χ1n) is 6.34. The van der Waals surface area contributed by atoms with Crippen molar-refractivity contribution in [3.8, 4) is 0 Å². The second-order valence-electron chi connectivity index (χ2n) is 5.68. The Morgan fingerprint density at radius 1 is 1.47 bits per heavy atom. The molecule has 1 unspecified atom stereocenters. The van der Waals surface area contributed by atoms with Gasteiger partial charge in [-0.15, -0.1) is 0 Å². The van der Waals surface area contributed by atoms with Crippen molar-refractivity contribution < 1.29 is 14.3 Å². The smallest absolute Gasteiger partial charge is 0.410 e. The SMILES string of the molecule is CC(C)(C)OC(=O)N1CCC(CCCC=O)C1. The first-order chi connectivity index (χ1) is 7.92. The van der Waals surface area contributed by atoms with Gasteiger partial charge in [0.25, 0.3) is 0 Å². The first-order valence-corrected chi connectivity index (χ1v) is 6.34. The van der Waals surface area contributed by atoms with Gasteiger partial charge in [0.1, 0.15) is 11.9 Å². The molecule has 0 spiro atoms. The third-order valence-electron chi connectivity index (χ3n) is 2.87. The molecule has 0 aliphatic carbocycles. The number of unbranched alkanes of at least 4 members (excludes halogenated alkanes) is 1. The summed E-state index contributed by atoms with van der Waals surface area (Å²) in [5.74, 6) is 0.530. The summed E-state index contributed by atoms with van der Waals surface area (Å²) in [6, 6.07) is 0. The van der Waals surface area contributed by atoms with Crippen LogP contribution in [0.4, 0.5) is 4.79 Å². The maximum Gasteiger partial charge on any atom is 0.410 e. The molecule has 1 amide bonds. The van der Waals surface area contributed by atoms with Gasteiger partial charge in [-0.2, -0.15) is 0 Å². The Morgan fingerprint density at radius 2 is 2.18 bits per heavy atom. The van der Waals surface area contributed by atoms with Gasteiger partial charge in [0.2, 0.25) is 0 Å². The van der Waals surface area contributed by atoms with Gasteiger partial charge in [0.05, 0.1) is 0 Å². The highest BCUT2D eigenvalue weighted by Crippen LogP contribution is 2.23. The molecule has 98 valence electrons. The van der Waals surface area contributed by atoms with Crippen molar-refractivity contribution in [1.82, 2.24) is 4.90 Å². The molecule has 1 aliphatic heterocycles. The van der Waals surface area contributed by atoms with Crippen LogP contribution in [0.15, 0.2) is 0 Å². The molecule has 0 bridgehead atoms. The number of likely N-dealkylation sites (tertiary alicyclic amines) is 1. The molecule has 0 aromatic carbocycles. The van der Waals surface area contributed by atoms with Gasteiger partial charge in [-0.1, -0.05) is 0 Å². The van der Waals surface area contributed by atoms with Crippen molar-refractivity contribution in [3.63, 3.8) is 0 Å². The van der Waals surface area contributed by atoms with Crippen LogP contribution < -0.4 is 0 Å². The van der Waals surface area contributed by atoms with Crippen molar-refractivity contribution in [1.29, 1.82) is 0 Å². The summed E-state index contributed by atoms with van der Waals surface area (Å²) in [5, 5.41) is 0. The molecule has 4 heteroatoms. The van der Waals surface area contributed by atoms with Crippen molar-refractivity contribution in [2.24, 2.45) is 5.92 Å². The number of aldehydes is 1. The van der Waals surface area contributed by atoms with Gasteiger partial charge < -0.3 is 14.4 Å². The average molecular weight is 241 g/mol. The van der Waals surface area contributed by atoms with Crippen LogP contribution in [0.2, 0.25) is 0 Å². The molecule has 0 saturated carbocycles. The highest BCUT2D eigenvalue weighted by Gasteiger charge is 2.29. The Balaban J connectivity index is 2.29. The molecular weight excluding hydrogens is 218 g/mol. The van der Waals surface area contributed by atoms with Crippen molar-refractivity contribution in [2.75, 3.05) is 13.1 Å². The lowest BCUT2D eigenvalue weighted by Crippen LogP contribution is -2.35. The highest BCUT2D eigenvalue weighted by molar-refractivity contribution is 5.68. The lowest BCUT2D eigenvalue weighted by molar-refractivity contribution is -0.108. The minimum absolute atomic E-state index is 0.213. The van der Waals surface area contributed by atoms with Gasteiger partial charge in [-0.3, -0.25) is 0 Å². The zero-order valence-corrected chi connectivity index (χ0v) is 11.1. The Hall–Kier alpha value is -1.06. The van der Waals surface area contributed by atoms with Crippen LogP contribution in [-0.4, -0.2) is 36.0 Å². The van der Waals surface area contributed by atoms with E-state index in [4.69, 9.17) is 4.74 Å². The number of carbonyl (C=O) groups excluding carboxylic acids is 2. The van der Waals surface area contributed by atoms with Crippen LogP contribution in [0.3, 0.4) is 0 Å². The third kappa shape index (κ3) is 5.20. The van der Waals surface area contributed by atoms with E-state index in [1.54, 1.807) is 4.90 Å². The molecule has 1 aliphatic rings. The fourth-order valence-electron chi connectivity index (χ4n) is 2.05. The molecule has 1 saturated heterocycles. The Bertz CT molecular complexity index is 270. The van der Waals surface area contributed by atoms with Crippen LogP contribution >= 0.6 is 0 Å². The van der Waals surface area contributed by atoms with E-state index in [-0.39, 0.29) is 6.09 Å². The minimum atomic E-state index is -0.424. The third-order valence-corrected chi connectivity index (χ3v) is 2.87. The average Bonchev–Trinajstić information content (AvgIpc) is 2.64. The predicted octanol–water partition coefficient (Wildman–Crippen LogP) is 2.61. The zero-order chi connectivity index (χ0) is 12.9. The molecule has 1 fully saturated rings. The van der Waals surface area contributed by atoms with Gasteiger partial charge >= 0.3 is 6.09 Å². The molecule has 0 N–H and O–H groups in total. The van der Waals surface area contributed by atoms with Crippen LogP contribution in [-0.2, 0) is 9.53 Å². The number of amides is 1. The Labute approximate surface area is 103 Å². The fraction of sp³-hybridized carbons (Fsp3) is 0.846. The van der Waals surface area contributed by atoms with E-state index in [1.165, 1.54) is 0 Å². The molecular formula is C13H23NO3. The first kappa shape index (κ1) is 14.0. The lowest BCUT2D eigenvalue weighted by atomic mass is 10.0. The summed E-state index contributed by atoms with van der Waals surface area (Å²) >= 11 is 0. The predicted molar refractivity (Wildman–Crippen MR) is 65.8 cm³/mol. The van der Waals surface area contributed by atoms with Crippen LogP contribution in [0.25, 0.3) is 0 Å². The molecule has 1 heterocycles. The summed E-state index contributed by atoms with van der Waals surface area (Å²) in [5.41, 5.74) is -0.424. The fourth-order valence-corrected chi connectivity index (χ4v) is 2.05. The minimum Gasteiger partial charge on any atom is -0.444 e. The maximum atomic E-state index is 11.8. The second kappa shape index (κ2) is 6.03. The van der Waals surface area contributed by atoms with Crippen LogP contribution in [0.5, 0.6) is 0 Å². The van der Waals surface area contributed by atoms with E-state index in [0.717, 1.165) is 38.6 Å². The van der Waals surface area contributed by atoms with Gasteiger partial charge in [-0.05, 0) is 46.0 Å². The monoisotopic (exact) mass is 241 g/mol. The van der Waals surface area contributed by atoms with E-state index in [1.807, 2.05) is 20.8 Å². The molecule has 0 aromatic rings. The van der Waals surface area contributed by atoms with E-state index in [9.17, 15) is 9.59 Å². The normalized spacial score (nSPS) is 20.4. The van der Waals surface area contributed by atoms with Gasteiger partial charge in [0.15, 0.2) is 0 Å². The van der Waals surface area contributed by atoms with Crippen LogP contribution in [0.1, 0.15) is 46.5 Å². The molecule has 0 aromatic heterocycles. The Morgan fingerprint density at radius 3 is 2.76 bits per heavy atom. The zero-order valence-electron chi connectivity index (χ0n) is 11.1. The number of hydrogen-bond acceptors (Lipinski definition) is 3. The maximum absolute atomic E-state index is 11.8. The van der Waals surface area contributed by atoms with Crippen molar-refractivity contribution >= 4 is 12.4 Å². The molecule has 0 radical (unpaired) electrons. The highest BCUT2D eigenvalue weighted by atomic mass is 16.6. The summed E-state index contributed by atoms with van der Waals surface area (Å²) in [6.07, 6.45) is 4.35. The lowest BCUT2D eigenvalue weighted by Gasteiger charge is -2.24. The largest absolute Gasteiger partial charge is 0.444 e. The van der Waals surface area contributed by atoms with Crippen molar-refractivity contribution in [3.05, 3.63) is 0 Å². The van der Waals surface area contributed by atoms with Gasteiger partial charge in [-0.25, -0.2) is 4.79 Å². The second-order valence-corrected chi connectivity index (χ2v) is 5.68. The standard InChI is InChI=1S/C13H23NO3/c1-13(2,3)17-12(16)14-8-7-11(10-14)6-4-5-9-15/h9,11H,4-8,10H2,1-3H3. The molecule has 1 atom stereocenters. The van der Waals surface area contributed by atoms with E-state index < -0.39 is 5.60 Å². The molecule has 4 nitrogen and oxygen atoms in total.